The zero-order valence-electron chi connectivity index (χ0n) is 17.5. The molecule has 0 aromatic heterocycles. The molecule has 2 aliphatic heterocycles. The smallest absolute Gasteiger partial charge is 0.156 e. The molecular weight excluding hydrogens is 494 g/mol. The highest BCUT2D eigenvalue weighted by Crippen LogP contribution is 2.50. The second kappa shape index (κ2) is 9.40. The minimum atomic E-state index is -0.283. The van der Waals surface area contributed by atoms with Gasteiger partial charge in [-0.05, 0) is 48.2 Å². The highest BCUT2D eigenvalue weighted by atomic mass is 35.5. The van der Waals surface area contributed by atoms with Crippen LogP contribution in [0.15, 0.2) is 24.3 Å². The van der Waals surface area contributed by atoms with Gasteiger partial charge in [0, 0.05) is 5.41 Å². The van der Waals surface area contributed by atoms with E-state index in [-0.39, 0.29) is 17.6 Å². The van der Waals surface area contributed by atoms with Gasteiger partial charge < -0.3 is 18.9 Å². The number of hydrogen-bond donors (Lipinski definition) is 0. The molecule has 2 heterocycles. The fourth-order valence-electron chi connectivity index (χ4n) is 4.53. The normalized spacial score (nSPS) is 23.6. The Balaban J connectivity index is 1.49. The zero-order chi connectivity index (χ0) is 22.3. The van der Waals surface area contributed by atoms with Crippen LogP contribution in [0.25, 0.3) is 0 Å². The molecule has 2 aromatic rings. The topological polar surface area (TPSA) is 43.5 Å². The molecule has 1 aliphatic carbocycles. The molecular formula is C24H24Cl4O4. The van der Waals surface area contributed by atoms with Crippen LogP contribution in [0.1, 0.15) is 43.2 Å². The third kappa shape index (κ3) is 4.82. The average Bonchev–Trinajstić information content (AvgIpc) is 3.68. The van der Waals surface area contributed by atoms with Crippen LogP contribution in [-0.4, -0.2) is 38.6 Å². The van der Waals surface area contributed by atoms with E-state index in [2.05, 4.69) is 0 Å². The van der Waals surface area contributed by atoms with Gasteiger partial charge >= 0.3 is 0 Å². The van der Waals surface area contributed by atoms with E-state index in [9.17, 15) is 0 Å². The molecule has 0 N–H and O–H groups in total. The summed E-state index contributed by atoms with van der Waals surface area (Å²) in [5, 5.41) is 2.00. The van der Waals surface area contributed by atoms with Crippen molar-refractivity contribution >= 4 is 46.4 Å². The van der Waals surface area contributed by atoms with Crippen LogP contribution in [0.5, 0.6) is 11.5 Å². The van der Waals surface area contributed by atoms with Crippen LogP contribution in [0, 0.1) is 0 Å². The molecule has 2 atom stereocenters. The van der Waals surface area contributed by atoms with Gasteiger partial charge in [0.05, 0.1) is 33.3 Å². The first kappa shape index (κ1) is 22.9. The Kier molecular flexibility index (Phi) is 6.73. The van der Waals surface area contributed by atoms with Crippen LogP contribution < -0.4 is 9.47 Å². The Bertz CT molecular complexity index is 878. The quantitative estimate of drug-likeness (QED) is 0.350. The maximum absolute atomic E-state index is 6.64. The van der Waals surface area contributed by atoms with Crippen molar-refractivity contribution in [1.29, 1.82) is 0 Å². The van der Waals surface area contributed by atoms with Crippen LogP contribution in [0.3, 0.4) is 0 Å². The van der Waals surface area contributed by atoms with Crippen molar-refractivity contribution in [2.24, 2.45) is 0 Å². The standard InChI is InChI=1S/C24H24Cl4O4/c25-18-6-14(7-19(26)22(18)31-12-16-10-29-16)24(4-2-1-3-5-24)15-8-20(27)23(21(28)9-15)32-13-17-11-30-17/h6-9,16-17H,1-5,10-13H2. The second-order valence-electron chi connectivity index (χ2n) is 8.71. The van der Waals surface area contributed by atoms with E-state index in [0.29, 0.717) is 58.0 Å². The summed E-state index contributed by atoms with van der Waals surface area (Å²) < 4.78 is 22.1. The predicted octanol–water partition coefficient (Wildman–Crippen LogP) is 7.11. The number of ether oxygens (including phenoxy) is 4. The van der Waals surface area contributed by atoms with Crippen LogP contribution in [0.2, 0.25) is 20.1 Å². The molecule has 3 aliphatic rings. The van der Waals surface area contributed by atoms with E-state index in [4.69, 9.17) is 65.4 Å². The van der Waals surface area contributed by atoms with Crippen LogP contribution in [0.4, 0.5) is 0 Å². The first-order chi connectivity index (χ1) is 15.5. The largest absolute Gasteiger partial charge is 0.488 e. The molecule has 0 amide bonds. The summed E-state index contributed by atoms with van der Waals surface area (Å²) >= 11 is 26.6. The maximum atomic E-state index is 6.64. The lowest BCUT2D eigenvalue weighted by atomic mass is 9.65. The number of epoxide rings is 2. The van der Waals surface area contributed by atoms with Gasteiger partial charge in [0.25, 0.3) is 0 Å². The first-order valence-electron chi connectivity index (χ1n) is 10.9. The van der Waals surface area contributed by atoms with Crippen molar-refractivity contribution in [2.45, 2.75) is 49.7 Å². The molecule has 5 rings (SSSR count). The van der Waals surface area contributed by atoms with Gasteiger partial charge in [0.15, 0.2) is 11.5 Å². The zero-order valence-corrected chi connectivity index (χ0v) is 20.5. The Morgan fingerprint density at radius 3 is 1.41 bits per heavy atom. The Labute approximate surface area is 208 Å². The van der Waals surface area contributed by atoms with Gasteiger partial charge in [0.2, 0.25) is 0 Å². The lowest BCUT2D eigenvalue weighted by molar-refractivity contribution is 0.262. The van der Waals surface area contributed by atoms with Crippen LogP contribution >= 0.6 is 46.4 Å². The highest BCUT2D eigenvalue weighted by Gasteiger charge is 2.38. The van der Waals surface area contributed by atoms with Crippen molar-refractivity contribution < 1.29 is 18.9 Å². The molecule has 1 saturated carbocycles. The van der Waals surface area contributed by atoms with Crippen molar-refractivity contribution in [2.75, 3.05) is 26.4 Å². The predicted molar refractivity (Wildman–Crippen MR) is 127 cm³/mol. The third-order valence-corrected chi connectivity index (χ3v) is 7.56. The summed E-state index contributed by atoms with van der Waals surface area (Å²) in [6.45, 7) is 2.32. The van der Waals surface area contributed by atoms with E-state index in [1.54, 1.807) is 0 Å². The molecule has 8 heteroatoms. The van der Waals surface area contributed by atoms with Gasteiger partial charge in [-0.3, -0.25) is 0 Å². The summed E-state index contributed by atoms with van der Waals surface area (Å²) in [7, 11) is 0. The van der Waals surface area contributed by atoms with Crippen molar-refractivity contribution in [1.82, 2.24) is 0 Å². The molecule has 2 unspecified atom stereocenters. The van der Waals surface area contributed by atoms with E-state index < -0.39 is 0 Å². The van der Waals surface area contributed by atoms with E-state index in [1.165, 1.54) is 6.42 Å². The summed E-state index contributed by atoms with van der Waals surface area (Å²) in [4.78, 5) is 0. The van der Waals surface area contributed by atoms with Gasteiger partial charge in [-0.15, -0.1) is 0 Å². The maximum Gasteiger partial charge on any atom is 0.156 e. The number of benzene rings is 2. The minimum absolute atomic E-state index is 0.128. The monoisotopic (exact) mass is 516 g/mol. The number of rotatable bonds is 8. The second-order valence-corrected chi connectivity index (χ2v) is 10.3. The Morgan fingerprint density at radius 2 is 1.06 bits per heavy atom. The Morgan fingerprint density at radius 1 is 0.688 bits per heavy atom. The van der Waals surface area contributed by atoms with Gasteiger partial charge in [-0.1, -0.05) is 65.7 Å². The molecule has 0 radical (unpaired) electrons. The van der Waals surface area contributed by atoms with E-state index >= 15 is 0 Å². The lowest BCUT2D eigenvalue weighted by Crippen LogP contribution is -2.30. The third-order valence-electron chi connectivity index (χ3n) is 6.44. The summed E-state index contributed by atoms with van der Waals surface area (Å²) in [6.07, 6.45) is 5.55. The molecule has 2 aromatic carbocycles. The van der Waals surface area contributed by atoms with Gasteiger partial charge in [-0.2, -0.15) is 0 Å². The number of halogens is 4. The number of hydrogen-bond acceptors (Lipinski definition) is 4. The van der Waals surface area contributed by atoms with Gasteiger partial charge in [0.1, 0.15) is 25.4 Å². The van der Waals surface area contributed by atoms with Crippen LogP contribution in [-0.2, 0) is 14.9 Å². The summed E-state index contributed by atoms with van der Waals surface area (Å²) in [5.74, 6) is 1.00. The molecule has 3 fully saturated rings. The molecule has 0 bridgehead atoms. The fourth-order valence-corrected chi connectivity index (χ4v) is 5.72. The fraction of sp³-hybridized carbons (Fsp3) is 0.500. The molecule has 4 nitrogen and oxygen atoms in total. The highest BCUT2D eigenvalue weighted by molar-refractivity contribution is 6.38. The molecule has 0 spiro atoms. The molecule has 32 heavy (non-hydrogen) atoms. The lowest BCUT2D eigenvalue weighted by Gasteiger charge is -2.39. The first-order valence-corrected chi connectivity index (χ1v) is 12.5. The Hall–Kier alpha value is -0.880. The average molecular weight is 518 g/mol. The van der Waals surface area contributed by atoms with Gasteiger partial charge in [-0.25, -0.2) is 0 Å². The summed E-state index contributed by atoms with van der Waals surface area (Å²) in [5.41, 5.74) is 1.82. The molecule has 172 valence electrons. The SMILES string of the molecule is Clc1cc(C2(c3cc(Cl)c(OCC4CO4)c(Cl)c3)CCCCC2)cc(Cl)c1OCC1CO1. The molecule has 2 saturated heterocycles. The van der Waals surface area contributed by atoms with Crippen molar-refractivity contribution in [3.8, 4) is 11.5 Å². The summed E-state index contributed by atoms with van der Waals surface area (Å²) in [6, 6.07) is 7.88. The van der Waals surface area contributed by atoms with E-state index in [1.807, 2.05) is 24.3 Å². The van der Waals surface area contributed by atoms with Crippen molar-refractivity contribution in [3.63, 3.8) is 0 Å². The van der Waals surface area contributed by atoms with E-state index in [0.717, 1.165) is 36.8 Å². The van der Waals surface area contributed by atoms with Crippen molar-refractivity contribution in [3.05, 3.63) is 55.5 Å². The minimum Gasteiger partial charge on any atom is -0.488 e.